The number of thiazole rings is 1. The first-order chi connectivity index (χ1) is 9.13. The fourth-order valence-electron chi connectivity index (χ4n) is 2.17. The summed E-state index contributed by atoms with van der Waals surface area (Å²) in [5, 5.41) is 11.9. The zero-order valence-corrected chi connectivity index (χ0v) is 10.9. The van der Waals surface area contributed by atoms with Gasteiger partial charge in [-0.05, 0) is 12.1 Å². The Morgan fingerprint density at radius 2 is 2.11 bits per heavy atom. The maximum absolute atomic E-state index is 11.7. The zero-order valence-electron chi connectivity index (χ0n) is 10.1. The van der Waals surface area contributed by atoms with Crippen molar-refractivity contribution >= 4 is 28.1 Å². The van der Waals surface area contributed by atoms with E-state index < -0.39 is 6.10 Å². The molecule has 0 bridgehead atoms. The highest BCUT2D eigenvalue weighted by Gasteiger charge is 2.28. The molecule has 0 radical (unpaired) electrons. The molecule has 3 rings (SSSR count). The molecule has 0 aliphatic carbocycles. The van der Waals surface area contributed by atoms with Gasteiger partial charge < -0.3 is 15.7 Å². The van der Waals surface area contributed by atoms with E-state index in [1.54, 1.807) is 4.90 Å². The highest BCUT2D eigenvalue weighted by Crippen LogP contribution is 2.27. The van der Waals surface area contributed by atoms with Crippen molar-refractivity contribution in [1.82, 2.24) is 4.98 Å². The van der Waals surface area contributed by atoms with Crippen molar-refractivity contribution in [3.05, 3.63) is 29.6 Å². The Labute approximate surface area is 114 Å². The Morgan fingerprint density at radius 1 is 1.37 bits per heavy atom. The number of hydrogen-bond donors (Lipinski definition) is 2. The summed E-state index contributed by atoms with van der Waals surface area (Å²) in [6.45, 7) is 0.363. The molecule has 1 saturated heterocycles. The zero-order chi connectivity index (χ0) is 13.4. The van der Waals surface area contributed by atoms with Gasteiger partial charge in [0.25, 0.3) is 0 Å². The van der Waals surface area contributed by atoms with E-state index >= 15 is 0 Å². The average Bonchev–Trinajstić information content (AvgIpc) is 2.96. The highest BCUT2D eigenvalue weighted by atomic mass is 32.1. The van der Waals surface area contributed by atoms with Crippen molar-refractivity contribution in [2.75, 3.05) is 17.2 Å². The number of aliphatic hydroxyl groups is 1. The smallest absolute Gasteiger partial charge is 0.229 e. The van der Waals surface area contributed by atoms with Crippen LogP contribution in [0.15, 0.2) is 29.6 Å². The number of hydrogen-bond acceptors (Lipinski definition) is 5. The van der Waals surface area contributed by atoms with Crippen LogP contribution in [0.2, 0.25) is 0 Å². The lowest BCUT2D eigenvalue weighted by Crippen LogP contribution is -2.25. The number of carbonyl (C=O) groups excluding carboxylic acids is 1. The number of amides is 1. The number of anilines is 2. The minimum Gasteiger partial charge on any atom is -0.391 e. The van der Waals surface area contributed by atoms with E-state index in [4.69, 9.17) is 5.73 Å². The third kappa shape index (κ3) is 2.32. The highest BCUT2D eigenvalue weighted by molar-refractivity contribution is 7.13. The molecule has 2 heterocycles. The molecule has 0 saturated carbocycles. The minimum atomic E-state index is -0.564. The Kier molecular flexibility index (Phi) is 2.96. The van der Waals surface area contributed by atoms with E-state index in [9.17, 15) is 9.90 Å². The first kappa shape index (κ1) is 12.1. The molecule has 1 aliphatic heterocycles. The molecular formula is C13H13N3O2S. The summed E-state index contributed by atoms with van der Waals surface area (Å²) in [6, 6.07) is 7.53. The van der Waals surface area contributed by atoms with Crippen LogP contribution in [0.3, 0.4) is 0 Å². The maximum Gasteiger partial charge on any atom is 0.229 e. The van der Waals surface area contributed by atoms with Crippen LogP contribution in [-0.4, -0.2) is 28.6 Å². The van der Waals surface area contributed by atoms with Crippen LogP contribution in [0.4, 0.5) is 10.8 Å². The summed E-state index contributed by atoms with van der Waals surface area (Å²) in [4.78, 5) is 17.5. The van der Waals surface area contributed by atoms with Crippen LogP contribution in [0, 0.1) is 0 Å². The molecule has 19 heavy (non-hydrogen) atoms. The average molecular weight is 275 g/mol. The van der Waals surface area contributed by atoms with Crippen molar-refractivity contribution < 1.29 is 9.90 Å². The summed E-state index contributed by atoms with van der Waals surface area (Å²) in [5.41, 5.74) is 8.20. The molecule has 98 valence electrons. The lowest BCUT2D eigenvalue weighted by Gasteiger charge is -2.15. The van der Waals surface area contributed by atoms with E-state index in [1.165, 1.54) is 11.3 Å². The van der Waals surface area contributed by atoms with Crippen molar-refractivity contribution in [1.29, 1.82) is 0 Å². The lowest BCUT2D eigenvalue weighted by molar-refractivity contribution is -0.117. The summed E-state index contributed by atoms with van der Waals surface area (Å²) in [7, 11) is 0. The third-order valence-corrected chi connectivity index (χ3v) is 3.78. The summed E-state index contributed by atoms with van der Waals surface area (Å²) in [6.07, 6.45) is -0.366. The standard InChI is InChI=1S/C13H13N3O2S/c14-13-15-11(7-19-13)8-1-3-9(4-2-8)16-6-10(17)5-12(16)18/h1-4,7,10,17H,5-6H2,(H2,14,15). The van der Waals surface area contributed by atoms with Crippen LogP contribution in [0.25, 0.3) is 11.3 Å². The first-order valence-electron chi connectivity index (χ1n) is 5.93. The van der Waals surface area contributed by atoms with Gasteiger partial charge in [-0.2, -0.15) is 0 Å². The van der Waals surface area contributed by atoms with Crippen molar-refractivity contribution in [3.8, 4) is 11.3 Å². The third-order valence-electron chi connectivity index (χ3n) is 3.10. The second-order valence-corrected chi connectivity index (χ2v) is 5.37. The van der Waals surface area contributed by atoms with Gasteiger partial charge in [-0.3, -0.25) is 4.79 Å². The number of carbonyl (C=O) groups is 1. The van der Waals surface area contributed by atoms with Crippen molar-refractivity contribution in [3.63, 3.8) is 0 Å². The van der Waals surface area contributed by atoms with Crippen LogP contribution in [0.5, 0.6) is 0 Å². The molecule has 1 aliphatic rings. The quantitative estimate of drug-likeness (QED) is 0.870. The van der Waals surface area contributed by atoms with Gasteiger partial charge in [0, 0.05) is 16.6 Å². The molecule has 1 atom stereocenters. The number of aliphatic hydroxyl groups excluding tert-OH is 1. The molecule has 1 amide bonds. The monoisotopic (exact) mass is 275 g/mol. The van der Waals surface area contributed by atoms with Gasteiger partial charge >= 0.3 is 0 Å². The Balaban J connectivity index is 1.85. The van der Waals surface area contributed by atoms with E-state index in [0.29, 0.717) is 11.7 Å². The minimum absolute atomic E-state index is 0.0434. The first-order valence-corrected chi connectivity index (χ1v) is 6.81. The molecule has 1 unspecified atom stereocenters. The van der Waals surface area contributed by atoms with Gasteiger partial charge in [-0.15, -0.1) is 11.3 Å². The maximum atomic E-state index is 11.7. The SMILES string of the molecule is Nc1nc(-c2ccc(N3CC(O)CC3=O)cc2)cs1. The molecule has 0 spiro atoms. The lowest BCUT2D eigenvalue weighted by atomic mass is 10.1. The Hall–Kier alpha value is -1.92. The van der Waals surface area contributed by atoms with Crippen LogP contribution in [-0.2, 0) is 4.79 Å². The van der Waals surface area contributed by atoms with E-state index in [0.717, 1.165) is 16.9 Å². The Morgan fingerprint density at radius 3 is 2.63 bits per heavy atom. The van der Waals surface area contributed by atoms with Gasteiger partial charge in [-0.25, -0.2) is 4.98 Å². The van der Waals surface area contributed by atoms with Crippen LogP contribution in [0.1, 0.15) is 6.42 Å². The number of benzene rings is 1. The number of aromatic nitrogens is 1. The van der Waals surface area contributed by atoms with Crippen molar-refractivity contribution in [2.45, 2.75) is 12.5 Å². The molecule has 1 aromatic carbocycles. The van der Waals surface area contributed by atoms with Crippen LogP contribution >= 0.6 is 11.3 Å². The van der Waals surface area contributed by atoms with Gasteiger partial charge in [0.1, 0.15) is 0 Å². The number of nitrogen functional groups attached to an aromatic ring is 1. The molecular weight excluding hydrogens is 262 g/mol. The van der Waals surface area contributed by atoms with Crippen molar-refractivity contribution in [2.24, 2.45) is 0 Å². The topological polar surface area (TPSA) is 79.4 Å². The second-order valence-electron chi connectivity index (χ2n) is 4.48. The molecule has 1 aromatic heterocycles. The van der Waals surface area contributed by atoms with E-state index in [1.807, 2.05) is 29.6 Å². The molecule has 1 fully saturated rings. The van der Waals surface area contributed by atoms with Crippen LogP contribution < -0.4 is 10.6 Å². The van der Waals surface area contributed by atoms with Gasteiger partial charge in [-0.1, -0.05) is 12.1 Å². The van der Waals surface area contributed by atoms with Gasteiger partial charge in [0.05, 0.1) is 24.8 Å². The number of nitrogens with zero attached hydrogens (tertiary/aromatic N) is 2. The molecule has 5 nitrogen and oxygen atoms in total. The molecule has 6 heteroatoms. The van der Waals surface area contributed by atoms with E-state index in [-0.39, 0.29) is 12.3 Å². The molecule has 3 N–H and O–H groups in total. The normalized spacial score (nSPS) is 19.1. The van der Waals surface area contributed by atoms with E-state index in [2.05, 4.69) is 4.98 Å². The fourth-order valence-corrected chi connectivity index (χ4v) is 2.74. The number of rotatable bonds is 2. The number of nitrogens with two attached hydrogens (primary N) is 1. The van der Waals surface area contributed by atoms with Gasteiger partial charge in [0.2, 0.25) is 5.91 Å². The summed E-state index contributed by atoms with van der Waals surface area (Å²) in [5.74, 6) is -0.0434. The number of β-amino-alcohol motifs (C(OH)–C–C–N with tert-alkyl or cyclic N) is 1. The predicted octanol–water partition coefficient (Wildman–Crippen LogP) is 1.49. The summed E-state index contributed by atoms with van der Waals surface area (Å²) >= 11 is 1.40. The Bertz CT molecular complexity index is 609. The largest absolute Gasteiger partial charge is 0.391 e. The fraction of sp³-hybridized carbons (Fsp3) is 0.231. The van der Waals surface area contributed by atoms with Gasteiger partial charge in [0.15, 0.2) is 5.13 Å². The molecule has 2 aromatic rings. The summed E-state index contributed by atoms with van der Waals surface area (Å²) < 4.78 is 0. The predicted molar refractivity (Wildman–Crippen MR) is 74.9 cm³/mol. The second kappa shape index (κ2) is 4.64.